The molecule has 8 nitrogen and oxygen atoms in total. The minimum Gasteiger partial charge on any atom is -0.469 e. The summed E-state index contributed by atoms with van der Waals surface area (Å²) in [6, 6.07) is 15.3. The molecular weight excluding hydrogens is 516 g/mol. The molecule has 5 rings (SSSR count). The van der Waals surface area contributed by atoms with Crippen molar-refractivity contribution in [1.29, 1.82) is 0 Å². The highest BCUT2D eigenvalue weighted by molar-refractivity contribution is 6.03. The highest BCUT2D eigenvalue weighted by Gasteiger charge is 2.63. The Morgan fingerprint density at radius 3 is 2.15 bits per heavy atom. The molecule has 3 aliphatic rings. The van der Waals surface area contributed by atoms with Crippen LogP contribution in [0.3, 0.4) is 0 Å². The van der Waals surface area contributed by atoms with E-state index in [4.69, 9.17) is 4.74 Å². The van der Waals surface area contributed by atoms with E-state index in [1.165, 1.54) is 17.7 Å². The van der Waals surface area contributed by atoms with Crippen LogP contribution < -0.4 is 10.1 Å². The molecule has 0 radical (unpaired) electrons. The highest BCUT2D eigenvalue weighted by atomic mass is 16.5. The number of carbonyl (C=O) groups excluding carboxylic acids is 3. The number of rotatable bonds is 10. The quantitative estimate of drug-likeness (QED) is 0.387. The Balaban J connectivity index is 1.27. The Kier molecular flexibility index (Phi) is 8.68. The molecule has 2 atom stereocenters. The van der Waals surface area contributed by atoms with Gasteiger partial charge in [0.05, 0.1) is 6.04 Å². The summed E-state index contributed by atoms with van der Waals surface area (Å²) < 4.78 is 6.36. The third-order valence-corrected chi connectivity index (χ3v) is 9.20. The normalized spacial score (nSPS) is 21.3. The van der Waals surface area contributed by atoms with Gasteiger partial charge in [0, 0.05) is 37.8 Å². The zero-order chi connectivity index (χ0) is 29.1. The molecule has 1 N–H and O–H groups in total. The summed E-state index contributed by atoms with van der Waals surface area (Å²) in [7, 11) is 0. The van der Waals surface area contributed by atoms with Crippen LogP contribution in [0.4, 0.5) is 4.79 Å². The molecule has 3 fully saturated rings. The second kappa shape index (κ2) is 12.2. The lowest BCUT2D eigenvalue weighted by atomic mass is 9.72. The van der Waals surface area contributed by atoms with Crippen molar-refractivity contribution in [3.8, 4) is 5.75 Å². The molecule has 41 heavy (non-hydrogen) atoms. The average molecular weight is 561 g/mol. The van der Waals surface area contributed by atoms with Gasteiger partial charge in [-0.05, 0) is 68.9 Å². The van der Waals surface area contributed by atoms with E-state index in [1.54, 1.807) is 24.3 Å². The van der Waals surface area contributed by atoms with E-state index in [0.717, 1.165) is 56.2 Å². The predicted octanol–water partition coefficient (Wildman–Crippen LogP) is 5.52. The second-order valence-corrected chi connectivity index (χ2v) is 11.8. The number of hydrogen-bond donors (Lipinski definition) is 1. The fourth-order valence-electron chi connectivity index (χ4n) is 6.24. The van der Waals surface area contributed by atoms with Crippen molar-refractivity contribution in [2.24, 2.45) is 5.41 Å². The van der Waals surface area contributed by atoms with Crippen LogP contribution in [0.5, 0.6) is 5.75 Å². The van der Waals surface area contributed by atoms with Gasteiger partial charge in [-0.15, -0.1) is 0 Å². The molecule has 0 unspecified atom stereocenters. The molecule has 2 aromatic rings. The molecule has 0 aromatic heterocycles. The maximum Gasteiger partial charge on any atom is 0.327 e. The van der Waals surface area contributed by atoms with E-state index in [9.17, 15) is 14.4 Å². The number of aryl methyl sites for hydroxylation is 1. The largest absolute Gasteiger partial charge is 0.469 e. The number of nitrogens with one attached hydrogen (secondary N) is 1. The lowest BCUT2D eigenvalue weighted by Gasteiger charge is -2.53. The molecule has 2 saturated heterocycles. The molecule has 0 spiro atoms. The number of urea groups is 1. The van der Waals surface area contributed by atoms with Crippen LogP contribution >= 0.6 is 0 Å². The standard InChI is InChI=1S/C33H44N4O4/c1-5-8-28(24-11-9-23(4)10-12-24)34-32(40)37-30(39)33(6-2,7-3)31(37)41-27-17-13-25(14-18-27)29(38)36-21-19-35(20-22-36)26-15-16-26/h9-14,17-18,26,28,31H,5-8,15-16,19-22H2,1-4H3,(H,34,40)/t28-,31+/m1/s1. The van der Waals surface area contributed by atoms with Crippen LogP contribution in [0.25, 0.3) is 0 Å². The van der Waals surface area contributed by atoms with Crippen LogP contribution in [-0.2, 0) is 4.79 Å². The van der Waals surface area contributed by atoms with Crippen LogP contribution in [0.1, 0.15) is 86.8 Å². The summed E-state index contributed by atoms with van der Waals surface area (Å²) in [5.41, 5.74) is 2.02. The van der Waals surface area contributed by atoms with Crippen molar-refractivity contribution in [3.63, 3.8) is 0 Å². The Labute approximate surface area is 244 Å². The lowest BCUT2D eigenvalue weighted by molar-refractivity contribution is -0.191. The topological polar surface area (TPSA) is 82.2 Å². The number of β-lactam (4-membered cyclic amide) rings is 1. The van der Waals surface area contributed by atoms with Crippen molar-refractivity contribution < 1.29 is 19.1 Å². The first-order valence-corrected chi connectivity index (χ1v) is 15.3. The Morgan fingerprint density at radius 1 is 0.951 bits per heavy atom. The third-order valence-electron chi connectivity index (χ3n) is 9.20. The number of nitrogens with zero attached hydrogens (tertiary/aromatic N) is 3. The minimum absolute atomic E-state index is 0.0290. The van der Waals surface area contributed by atoms with E-state index in [-0.39, 0.29) is 17.9 Å². The van der Waals surface area contributed by atoms with Crippen molar-refractivity contribution in [3.05, 3.63) is 65.2 Å². The van der Waals surface area contributed by atoms with E-state index in [0.29, 0.717) is 24.2 Å². The van der Waals surface area contributed by atoms with E-state index in [2.05, 4.69) is 17.1 Å². The molecule has 1 saturated carbocycles. The van der Waals surface area contributed by atoms with Gasteiger partial charge in [0.25, 0.3) is 5.91 Å². The Morgan fingerprint density at radius 2 is 1.59 bits per heavy atom. The van der Waals surface area contributed by atoms with Crippen molar-refractivity contribution in [1.82, 2.24) is 20.0 Å². The van der Waals surface area contributed by atoms with Gasteiger partial charge in [0.2, 0.25) is 5.91 Å². The van der Waals surface area contributed by atoms with Crippen LogP contribution in [0.2, 0.25) is 0 Å². The first-order chi connectivity index (χ1) is 19.8. The smallest absolute Gasteiger partial charge is 0.327 e. The lowest BCUT2D eigenvalue weighted by Crippen LogP contribution is -2.73. The Hall–Kier alpha value is -3.39. The van der Waals surface area contributed by atoms with Crippen LogP contribution in [0, 0.1) is 12.3 Å². The summed E-state index contributed by atoms with van der Waals surface area (Å²) in [5.74, 6) is 0.355. The summed E-state index contributed by atoms with van der Waals surface area (Å²) in [6.45, 7) is 11.4. The van der Waals surface area contributed by atoms with Crippen LogP contribution in [-0.4, -0.2) is 71.0 Å². The summed E-state index contributed by atoms with van der Waals surface area (Å²) in [4.78, 5) is 45.7. The maximum absolute atomic E-state index is 13.5. The monoisotopic (exact) mass is 560 g/mol. The van der Waals surface area contributed by atoms with E-state index >= 15 is 0 Å². The highest BCUT2D eigenvalue weighted by Crippen LogP contribution is 2.46. The molecule has 220 valence electrons. The first kappa shape index (κ1) is 29.1. The van der Waals surface area contributed by atoms with Crippen molar-refractivity contribution in [2.75, 3.05) is 26.2 Å². The molecule has 4 amide bonds. The van der Waals surface area contributed by atoms with E-state index in [1.807, 2.05) is 49.9 Å². The predicted molar refractivity (Wildman–Crippen MR) is 159 cm³/mol. The first-order valence-electron chi connectivity index (χ1n) is 15.3. The number of benzene rings is 2. The molecule has 8 heteroatoms. The zero-order valence-electron chi connectivity index (χ0n) is 24.9. The van der Waals surface area contributed by atoms with Crippen molar-refractivity contribution in [2.45, 2.75) is 84.5 Å². The number of carbonyl (C=O) groups is 3. The zero-order valence-corrected chi connectivity index (χ0v) is 24.9. The van der Waals surface area contributed by atoms with E-state index < -0.39 is 17.7 Å². The van der Waals surface area contributed by atoms with Gasteiger partial charge in [-0.1, -0.05) is 57.0 Å². The number of hydrogen-bond acceptors (Lipinski definition) is 5. The van der Waals surface area contributed by atoms with Gasteiger partial charge in [-0.3, -0.25) is 14.5 Å². The number of amides is 4. The number of ether oxygens (including phenoxy) is 1. The van der Waals surface area contributed by atoms with Gasteiger partial charge in [0.15, 0.2) is 6.23 Å². The number of piperazine rings is 1. The Bertz CT molecular complexity index is 1230. The molecule has 2 aromatic carbocycles. The van der Waals surface area contributed by atoms with Gasteiger partial charge in [-0.2, -0.15) is 0 Å². The van der Waals surface area contributed by atoms with Gasteiger partial charge in [0.1, 0.15) is 11.2 Å². The summed E-state index contributed by atoms with van der Waals surface area (Å²) >= 11 is 0. The fraction of sp³-hybridized carbons (Fsp3) is 0.545. The number of imide groups is 1. The molecular formula is C33H44N4O4. The molecule has 2 heterocycles. The van der Waals surface area contributed by atoms with Gasteiger partial charge in [-0.25, -0.2) is 9.69 Å². The maximum atomic E-state index is 13.5. The summed E-state index contributed by atoms with van der Waals surface area (Å²) in [5, 5.41) is 3.09. The number of likely N-dealkylation sites (tertiary alicyclic amines) is 1. The molecule has 2 aliphatic heterocycles. The fourth-order valence-corrected chi connectivity index (χ4v) is 6.24. The second-order valence-electron chi connectivity index (χ2n) is 11.8. The molecule has 1 aliphatic carbocycles. The molecule has 0 bridgehead atoms. The van der Waals surface area contributed by atoms with Gasteiger partial charge < -0.3 is 15.0 Å². The van der Waals surface area contributed by atoms with Gasteiger partial charge >= 0.3 is 6.03 Å². The SMILES string of the molecule is CCC[C@@H](NC(=O)N1C(=O)C(CC)(CC)[C@@H]1Oc1ccc(C(=O)N2CCN(C3CC3)CC2)cc1)c1ccc(C)cc1. The third kappa shape index (κ3) is 5.85. The summed E-state index contributed by atoms with van der Waals surface area (Å²) in [6.07, 6.45) is 4.63. The average Bonchev–Trinajstić information content (AvgIpc) is 3.84. The minimum atomic E-state index is -0.767. The van der Waals surface area contributed by atoms with Crippen LogP contribution in [0.15, 0.2) is 48.5 Å². The van der Waals surface area contributed by atoms with Crippen molar-refractivity contribution >= 4 is 17.8 Å².